The molecule has 0 saturated heterocycles. The number of allylic oxidation sites excluding steroid dienone is 1. The monoisotopic (exact) mass is 316 g/mol. The van der Waals surface area contributed by atoms with Crippen molar-refractivity contribution in [3.05, 3.63) is 11.6 Å². The molecule has 4 aliphatic carbocycles. The number of hydrogen-bond acceptors (Lipinski definition) is 2. The van der Waals surface area contributed by atoms with Gasteiger partial charge in [0.1, 0.15) is 5.78 Å². The standard InChI is InChI=1S/C21H32O2/c1-13(22)17-6-7-18-16-5-4-14-12-15(23)8-10-20(14,2)19(16)9-11-21(17,18)3/h4,15-19,23H,5-12H2,1-3H3/t15-,16?,17+,18?,19?,20+,21-/m0/s1. The molecule has 0 aromatic carbocycles. The summed E-state index contributed by atoms with van der Waals surface area (Å²) in [5.74, 6) is 3.00. The number of rotatable bonds is 1. The van der Waals surface area contributed by atoms with Gasteiger partial charge in [0.15, 0.2) is 0 Å². The second-order valence-electron chi connectivity index (χ2n) is 9.44. The average molecular weight is 316 g/mol. The van der Waals surface area contributed by atoms with E-state index in [-0.39, 0.29) is 11.5 Å². The van der Waals surface area contributed by atoms with Crippen LogP contribution in [-0.2, 0) is 4.79 Å². The Kier molecular flexibility index (Phi) is 3.58. The zero-order valence-corrected chi connectivity index (χ0v) is 15.0. The molecule has 4 rings (SSSR count). The molecule has 0 aliphatic heterocycles. The van der Waals surface area contributed by atoms with Gasteiger partial charge >= 0.3 is 0 Å². The SMILES string of the molecule is CC(=O)[C@H]1CCC2C3CC=C4C[C@@H](O)CC[C@@]4(C)C3CC[C@]21C. The van der Waals surface area contributed by atoms with Crippen LogP contribution in [0.5, 0.6) is 0 Å². The van der Waals surface area contributed by atoms with Gasteiger partial charge < -0.3 is 5.11 Å². The van der Waals surface area contributed by atoms with Crippen molar-refractivity contribution in [3.8, 4) is 0 Å². The molecule has 0 radical (unpaired) electrons. The van der Waals surface area contributed by atoms with Crippen molar-refractivity contribution < 1.29 is 9.90 Å². The van der Waals surface area contributed by atoms with E-state index >= 15 is 0 Å². The smallest absolute Gasteiger partial charge is 0.133 e. The lowest BCUT2D eigenvalue weighted by Gasteiger charge is -2.57. The van der Waals surface area contributed by atoms with Crippen LogP contribution < -0.4 is 0 Å². The third-order valence-electron chi connectivity index (χ3n) is 8.57. The molecule has 3 saturated carbocycles. The fourth-order valence-corrected chi connectivity index (χ4v) is 7.31. The Hall–Kier alpha value is -0.630. The first-order chi connectivity index (χ1) is 10.9. The largest absolute Gasteiger partial charge is 0.393 e. The van der Waals surface area contributed by atoms with Gasteiger partial charge in [-0.2, -0.15) is 0 Å². The number of fused-ring (bicyclic) bond motifs is 5. The normalized spacial score (nSPS) is 52.2. The first-order valence-electron chi connectivity index (χ1n) is 9.74. The number of ketones is 1. The van der Waals surface area contributed by atoms with E-state index in [4.69, 9.17) is 0 Å². The number of aliphatic hydroxyl groups is 1. The zero-order valence-electron chi connectivity index (χ0n) is 15.0. The van der Waals surface area contributed by atoms with Crippen molar-refractivity contribution in [1.29, 1.82) is 0 Å². The Morgan fingerprint density at radius 2 is 1.91 bits per heavy atom. The molecule has 0 heterocycles. The van der Waals surface area contributed by atoms with E-state index in [1.807, 2.05) is 6.92 Å². The van der Waals surface area contributed by atoms with Crippen molar-refractivity contribution in [2.45, 2.75) is 78.2 Å². The molecule has 0 spiro atoms. The van der Waals surface area contributed by atoms with E-state index in [9.17, 15) is 9.90 Å². The lowest BCUT2D eigenvalue weighted by Crippen LogP contribution is -2.50. The van der Waals surface area contributed by atoms with Crippen LogP contribution in [0.3, 0.4) is 0 Å². The van der Waals surface area contributed by atoms with Crippen LogP contribution in [0.15, 0.2) is 11.6 Å². The van der Waals surface area contributed by atoms with Crippen molar-refractivity contribution in [2.75, 3.05) is 0 Å². The van der Waals surface area contributed by atoms with Crippen molar-refractivity contribution in [1.82, 2.24) is 0 Å². The highest BCUT2D eigenvalue weighted by molar-refractivity contribution is 5.79. The van der Waals surface area contributed by atoms with Gasteiger partial charge in [0, 0.05) is 5.92 Å². The van der Waals surface area contributed by atoms with E-state index in [0.717, 1.165) is 43.4 Å². The molecular formula is C21H32O2. The first kappa shape index (κ1) is 15.9. The molecule has 128 valence electrons. The fraction of sp³-hybridized carbons (Fsp3) is 0.857. The number of aliphatic hydroxyl groups excluding tert-OH is 1. The van der Waals surface area contributed by atoms with Crippen LogP contribution in [0.1, 0.15) is 72.1 Å². The van der Waals surface area contributed by atoms with E-state index in [2.05, 4.69) is 19.9 Å². The summed E-state index contributed by atoms with van der Waals surface area (Å²) in [5, 5.41) is 10.1. The maximum atomic E-state index is 12.2. The fourth-order valence-electron chi connectivity index (χ4n) is 7.31. The third kappa shape index (κ3) is 2.13. The van der Waals surface area contributed by atoms with Crippen molar-refractivity contribution in [3.63, 3.8) is 0 Å². The highest BCUT2D eigenvalue weighted by Gasteiger charge is 2.59. The van der Waals surface area contributed by atoms with Gasteiger partial charge in [0.2, 0.25) is 0 Å². The summed E-state index contributed by atoms with van der Waals surface area (Å²) in [4.78, 5) is 12.2. The summed E-state index contributed by atoms with van der Waals surface area (Å²) in [6.45, 7) is 6.70. The minimum absolute atomic E-state index is 0.117. The molecule has 0 aromatic heterocycles. The molecule has 7 atom stereocenters. The molecule has 0 aromatic rings. The molecule has 2 nitrogen and oxygen atoms in total. The van der Waals surface area contributed by atoms with Crippen LogP contribution in [0.2, 0.25) is 0 Å². The minimum Gasteiger partial charge on any atom is -0.393 e. The van der Waals surface area contributed by atoms with E-state index in [1.165, 1.54) is 25.7 Å². The number of carbonyl (C=O) groups excluding carboxylic acids is 1. The Labute approximate surface area is 140 Å². The van der Waals surface area contributed by atoms with E-state index < -0.39 is 0 Å². The van der Waals surface area contributed by atoms with Crippen LogP contribution >= 0.6 is 0 Å². The molecule has 0 amide bonds. The molecule has 4 aliphatic rings. The lowest BCUT2D eigenvalue weighted by atomic mass is 9.47. The number of Topliss-reactive ketones (excluding diaryl/α,β-unsaturated/α-hetero) is 1. The maximum Gasteiger partial charge on any atom is 0.133 e. The summed E-state index contributed by atoms with van der Waals surface area (Å²) < 4.78 is 0. The summed E-state index contributed by atoms with van der Waals surface area (Å²) in [5.41, 5.74) is 2.11. The first-order valence-corrected chi connectivity index (χ1v) is 9.74. The van der Waals surface area contributed by atoms with Gasteiger partial charge in [-0.05, 0) is 86.9 Å². The molecule has 23 heavy (non-hydrogen) atoms. The lowest BCUT2D eigenvalue weighted by molar-refractivity contribution is -0.127. The summed E-state index contributed by atoms with van der Waals surface area (Å²) in [6, 6.07) is 0. The predicted octanol–water partition coefficient (Wildman–Crippen LogP) is 4.52. The quantitative estimate of drug-likeness (QED) is 0.722. The summed E-state index contributed by atoms with van der Waals surface area (Å²) in [7, 11) is 0. The Balaban J connectivity index is 1.66. The van der Waals surface area contributed by atoms with Gasteiger partial charge in [-0.25, -0.2) is 0 Å². The second kappa shape index (κ2) is 5.18. The summed E-state index contributed by atoms with van der Waals surface area (Å²) >= 11 is 0. The van der Waals surface area contributed by atoms with E-state index in [0.29, 0.717) is 17.1 Å². The van der Waals surface area contributed by atoms with E-state index in [1.54, 1.807) is 5.57 Å². The molecular weight excluding hydrogens is 284 g/mol. The van der Waals surface area contributed by atoms with Gasteiger partial charge in [-0.3, -0.25) is 4.79 Å². The zero-order chi connectivity index (χ0) is 16.4. The Morgan fingerprint density at radius 3 is 2.65 bits per heavy atom. The van der Waals surface area contributed by atoms with Gasteiger partial charge in [-0.15, -0.1) is 0 Å². The topological polar surface area (TPSA) is 37.3 Å². The third-order valence-corrected chi connectivity index (χ3v) is 8.57. The van der Waals surface area contributed by atoms with Crippen LogP contribution in [0.25, 0.3) is 0 Å². The minimum atomic E-state index is -0.117. The number of carbonyl (C=O) groups is 1. The second-order valence-corrected chi connectivity index (χ2v) is 9.44. The number of hydrogen-bond donors (Lipinski definition) is 1. The molecule has 0 bridgehead atoms. The van der Waals surface area contributed by atoms with Gasteiger partial charge in [0.25, 0.3) is 0 Å². The van der Waals surface area contributed by atoms with Gasteiger partial charge in [0.05, 0.1) is 6.10 Å². The molecule has 3 unspecified atom stereocenters. The molecule has 2 heteroatoms. The summed E-state index contributed by atoms with van der Waals surface area (Å²) in [6.07, 6.45) is 11.5. The highest BCUT2D eigenvalue weighted by Crippen LogP contribution is 2.66. The van der Waals surface area contributed by atoms with Crippen LogP contribution in [-0.4, -0.2) is 17.0 Å². The predicted molar refractivity (Wildman–Crippen MR) is 91.9 cm³/mol. The van der Waals surface area contributed by atoms with Crippen LogP contribution in [0.4, 0.5) is 0 Å². The Morgan fingerprint density at radius 1 is 1.13 bits per heavy atom. The van der Waals surface area contributed by atoms with Gasteiger partial charge in [-0.1, -0.05) is 25.5 Å². The Bertz CT molecular complexity index is 550. The van der Waals surface area contributed by atoms with Crippen molar-refractivity contribution >= 4 is 5.78 Å². The maximum absolute atomic E-state index is 12.2. The van der Waals surface area contributed by atoms with Crippen LogP contribution in [0, 0.1) is 34.5 Å². The molecule has 3 fully saturated rings. The van der Waals surface area contributed by atoms with Crippen molar-refractivity contribution in [2.24, 2.45) is 34.5 Å². The highest BCUT2D eigenvalue weighted by atomic mass is 16.3. The average Bonchev–Trinajstić information content (AvgIpc) is 2.85. The molecule has 1 N–H and O–H groups in total.